The SMILES string of the molecule is Cc1ccc(C2CCCN(Cc3noc(=O)n3Cc3ccc(F)cc3)C2)cc1. The summed E-state index contributed by atoms with van der Waals surface area (Å²) < 4.78 is 19.6. The Bertz CT molecular complexity index is 976. The number of benzene rings is 2. The van der Waals surface area contributed by atoms with Crippen LogP contribution >= 0.6 is 0 Å². The molecule has 6 heteroatoms. The van der Waals surface area contributed by atoms with E-state index in [9.17, 15) is 9.18 Å². The van der Waals surface area contributed by atoms with Crippen molar-refractivity contribution in [1.29, 1.82) is 0 Å². The molecule has 4 rings (SSSR count). The molecule has 0 spiro atoms. The highest BCUT2D eigenvalue weighted by Gasteiger charge is 2.23. The van der Waals surface area contributed by atoms with Crippen LogP contribution in [-0.4, -0.2) is 27.7 Å². The van der Waals surface area contributed by atoms with Crippen molar-refractivity contribution < 1.29 is 8.91 Å². The van der Waals surface area contributed by atoms with E-state index in [1.807, 2.05) is 0 Å². The summed E-state index contributed by atoms with van der Waals surface area (Å²) in [7, 11) is 0. The first-order valence-corrected chi connectivity index (χ1v) is 9.67. The molecule has 2 heterocycles. The fourth-order valence-electron chi connectivity index (χ4n) is 3.85. The number of aryl methyl sites for hydroxylation is 1. The van der Waals surface area contributed by atoms with Crippen LogP contribution in [0, 0.1) is 12.7 Å². The predicted molar refractivity (Wildman–Crippen MR) is 105 cm³/mol. The number of rotatable bonds is 5. The van der Waals surface area contributed by atoms with Crippen molar-refractivity contribution >= 4 is 0 Å². The summed E-state index contributed by atoms with van der Waals surface area (Å²) in [5, 5.41) is 3.99. The van der Waals surface area contributed by atoms with Crippen molar-refractivity contribution in [2.45, 2.75) is 38.8 Å². The number of piperidine rings is 1. The summed E-state index contributed by atoms with van der Waals surface area (Å²) in [5.41, 5.74) is 3.46. The maximum Gasteiger partial charge on any atom is 0.441 e. The van der Waals surface area contributed by atoms with E-state index in [1.54, 1.807) is 12.1 Å². The average molecular weight is 381 g/mol. The van der Waals surface area contributed by atoms with E-state index in [4.69, 9.17) is 4.52 Å². The normalized spacial score (nSPS) is 17.7. The van der Waals surface area contributed by atoms with Crippen LogP contribution in [0.1, 0.15) is 41.3 Å². The Labute approximate surface area is 163 Å². The van der Waals surface area contributed by atoms with E-state index in [-0.39, 0.29) is 5.82 Å². The summed E-state index contributed by atoms with van der Waals surface area (Å²) in [4.78, 5) is 14.4. The van der Waals surface area contributed by atoms with Crippen LogP contribution in [-0.2, 0) is 13.1 Å². The lowest BCUT2D eigenvalue weighted by Crippen LogP contribution is -2.35. The molecular formula is C22H24FN3O2. The van der Waals surface area contributed by atoms with Crippen LogP contribution in [0.4, 0.5) is 4.39 Å². The third kappa shape index (κ3) is 4.22. The molecule has 0 saturated carbocycles. The van der Waals surface area contributed by atoms with Gasteiger partial charge in [-0.3, -0.25) is 14.0 Å². The van der Waals surface area contributed by atoms with Gasteiger partial charge >= 0.3 is 5.76 Å². The molecule has 0 amide bonds. The molecule has 0 radical (unpaired) electrons. The van der Waals surface area contributed by atoms with Gasteiger partial charge < -0.3 is 0 Å². The first-order valence-electron chi connectivity index (χ1n) is 9.67. The van der Waals surface area contributed by atoms with E-state index in [0.29, 0.717) is 24.8 Å². The molecule has 0 bridgehead atoms. The quantitative estimate of drug-likeness (QED) is 0.676. The van der Waals surface area contributed by atoms with Gasteiger partial charge in [-0.1, -0.05) is 47.1 Å². The number of halogens is 1. The van der Waals surface area contributed by atoms with Gasteiger partial charge in [-0.15, -0.1) is 0 Å². The smallest absolute Gasteiger partial charge is 0.296 e. The van der Waals surface area contributed by atoms with Crippen molar-refractivity contribution in [2.75, 3.05) is 13.1 Å². The number of aromatic nitrogens is 2. The van der Waals surface area contributed by atoms with Crippen LogP contribution in [0.3, 0.4) is 0 Å². The molecule has 1 aliphatic heterocycles. The van der Waals surface area contributed by atoms with E-state index in [2.05, 4.69) is 41.2 Å². The molecular weight excluding hydrogens is 357 g/mol. The number of likely N-dealkylation sites (tertiary alicyclic amines) is 1. The summed E-state index contributed by atoms with van der Waals surface area (Å²) >= 11 is 0. The van der Waals surface area contributed by atoms with Gasteiger partial charge in [0.2, 0.25) is 0 Å². The molecule has 1 aliphatic rings. The molecule has 2 aromatic carbocycles. The molecule has 1 unspecified atom stereocenters. The Morgan fingerprint density at radius 1 is 1.11 bits per heavy atom. The topological polar surface area (TPSA) is 51.3 Å². The molecule has 1 fully saturated rings. The van der Waals surface area contributed by atoms with Crippen molar-refractivity contribution in [2.24, 2.45) is 0 Å². The fourth-order valence-corrected chi connectivity index (χ4v) is 3.85. The lowest BCUT2D eigenvalue weighted by Gasteiger charge is -2.32. The molecule has 5 nitrogen and oxygen atoms in total. The van der Waals surface area contributed by atoms with Gasteiger partial charge in [-0.05, 0) is 55.5 Å². The van der Waals surface area contributed by atoms with Crippen LogP contribution in [0.2, 0.25) is 0 Å². The van der Waals surface area contributed by atoms with Crippen LogP contribution < -0.4 is 5.76 Å². The third-order valence-corrected chi connectivity index (χ3v) is 5.43. The Hall–Kier alpha value is -2.73. The fraction of sp³-hybridized carbons (Fsp3) is 0.364. The largest absolute Gasteiger partial charge is 0.441 e. The van der Waals surface area contributed by atoms with Gasteiger partial charge in [0.15, 0.2) is 5.82 Å². The summed E-state index contributed by atoms with van der Waals surface area (Å²) in [6, 6.07) is 14.9. The molecule has 28 heavy (non-hydrogen) atoms. The average Bonchev–Trinajstić information content (AvgIpc) is 3.04. The molecule has 3 aromatic rings. The number of hydrogen-bond acceptors (Lipinski definition) is 4. The minimum absolute atomic E-state index is 0.294. The second-order valence-electron chi connectivity index (χ2n) is 7.56. The first kappa shape index (κ1) is 18.6. The monoisotopic (exact) mass is 381 g/mol. The van der Waals surface area contributed by atoms with Crippen molar-refractivity contribution in [3.05, 3.63) is 87.4 Å². The van der Waals surface area contributed by atoms with Crippen LogP contribution in [0.25, 0.3) is 0 Å². The van der Waals surface area contributed by atoms with Gasteiger partial charge in [0.1, 0.15) is 5.82 Å². The summed E-state index contributed by atoms with van der Waals surface area (Å²) in [5.74, 6) is 0.320. The Morgan fingerprint density at radius 3 is 2.61 bits per heavy atom. The zero-order valence-electron chi connectivity index (χ0n) is 16.0. The minimum atomic E-state index is -0.480. The zero-order valence-corrected chi connectivity index (χ0v) is 16.0. The second-order valence-corrected chi connectivity index (χ2v) is 7.56. The number of hydrogen-bond donors (Lipinski definition) is 0. The Morgan fingerprint density at radius 2 is 1.86 bits per heavy atom. The molecule has 1 atom stereocenters. The van der Waals surface area contributed by atoms with Crippen LogP contribution in [0.5, 0.6) is 0 Å². The lowest BCUT2D eigenvalue weighted by molar-refractivity contribution is 0.191. The standard InChI is InChI=1S/C22H24FN3O2/c1-16-4-8-18(9-5-16)19-3-2-12-25(14-19)15-21-24-28-22(27)26(21)13-17-6-10-20(23)11-7-17/h4-11,19H,2-3,12-15H2,1H3. The lowest BCUT2D eigenvalue weighted by atomic mass is 9.90. The Balaban J connectivity index is 1.47. The minimum Gasteiger partial charge on any atom is -0.296 e. The van der Waals surface area contributed by atoms with Crippen molar-refractivity contribution in [3.8, 4) is 0 Å². The molecule has 0 aliphatic carbocycles. The first-order chi connectivity index (χ1) is 13.6. The molecule has 1 saturated heterocycles. The summed E-state index contributed by atoms with van der Waals surface area (Å²) in [6.45, 7) is 4.89. The molecule has 1 aromatic heterocycles. The second kappa shape index (κ2) is 8.10. The third-order valence-electron chi connectivity index (χ3n) is 5.43. The Kier molecular flexibility index (Phi) is 5.39. The van der Waals surface area contributed by atoms with Crippen molar-refractivity contribution in [3.63, 3.8) is 0 Å². The maximum atomic E-state index is 13.1. The molecule has 0 N–H and O–H groups in total. The highest BCUT2D eigenvalue weighted by molar-refractivity contribution is 5.25. The predicted octanol–water partition coefficient (Wildman–Crippen LogP) is 3.71. The van der Waals surface area contributed by atoms with Crippen molar-refractivity contribution in [1.82, 2.24) is 14.6 Å². The maximum absolute atomic E-state index is 13.1. The van der Waals surface area contributed by atoms with Crippen LogP contribution in [0.15, 0.2) is 57.8 Å². The van der Waals surface area contributed by atoms with Gasteiger partial charge in [-0.25, -0.2) is 9.18 Å². The summed E-state index contributed by atoms with van der Waals surface area (Å²) in [6.07, 6.45) is 2.28. The van der Waals surface area contributed by atoms with E-state index in [1.165, 1.54) is 34.2 Å². The van der Waals surface area contributed by atoms with Gasteiger partial charge in [0.05, 0.1) is 13.1 Å². The van der Waals surface area contributed by atoms with E-state index < -0.39 is 5.76 Å². The zero-order chi connectivity index (χ0) is 19.5. The van der Waals surface area contributed by atoms with E-state index >= 15 is 0 Å². The molecule has 146 valence electrons. The highest BCUT2D eigenvalue weighted by Crippen LogP contribution is 2.27. The number of nitrogens with zero attached hydrogens (tertiary/aromatic N) is 3. The van der Waals surface area contributed by atoms with Gasteiger partial charge in [0, 0.05) is 6.54 Å². The van der Waals surface area contributed by atoms with E-state index in [0.717, 1.165) is 25.1 Å². The van der Waals surface area contributed by atoms with Gasteiger partial charge in [0.25, 0.3) is 0 Å². The van der Waals surface area contributed by atoms with Gasteiger partial charge in [-0.2, -0.15) is 0 Å². The highest BCUT2D eigenvalue weighted by atomic mass is 19.1.